The minimum atomic E-state index is -0.819. The fourth-order valence-corrected chi connectivity index (χ4v) is 2.88. The largest absolute Gasteiger partial charge is 0.481 e. The van der Waals surface area contributed by atoms with E-state index in [0.717, 1.165) is 6.54 Å². The molecule has 1 rings (SSSR count). The number of carboxylic acids is 1. The third kappa shape index (κ3) is 4.37. The highest BCUT2D eigenvalue weighted by atomic mass is 16.4. The van der Waals surface area contributed by atoms with Crippen molar-refractivity contribution in [3.8, 4) is 0 Å². The smallest absolute Gasteiger partial charge is 0.317 e. The topological polar surface area (TPSA) is 72.9 Å². The number of likely N-dealkylation sites (tertiary alicyclic amines) is 1. The Labute approximate surface area is 121 Å². The zero-order valence-corrected chi connectivity index (χ0v) is 13.1. The van der Waals surface area contributed by atoms with E-state index in [2.05, 4.69) is 24.1 Å². The minimum Gasteiger partial charge on any atom is -0.481 e. The Morgan fingerprint density at radius 2 is 2.00 bits per heavy atom. The van der Waals surface area contributed by atoms with Gasteiger partial charge >= 0.3 is 12.0 Å². The molecule has 1 aliphatic rings. The van der Waals surface area contributed by atoms with Gasteiger partial charge in [0, 0.05) is 25.7 Å². The van der Waals surface area contributed by atoms with Crippen LogP contribution in [-0.4, -0.2) is 66.7 Å². The van der Waals surface area contributed by atoms with Crippen LogP contribution in [0.5, 0.6) is 0 Å². The molecule has 2 atom stereocenters. The number of rotatable bonds is 5. The summed E-state index contributed by atoms with van der Waals surface area (Å²) < 4.78 is 0. The second-order valence-corrected chi connectivity index (χ2v) is 6.73. The summed E-state index contributed by atoms with van der Waals surface area (Å²) in [6.45, 7) is 7.96. The quantitative estimate of drug-likeness (QED) is 0.793. The molecule has 1 saturated heterocycles. The number of carbonyl (C=O) groups is 2. The van der Waals surface area contributed by atoms with Crippen molar-refractivity contribution < 1.29 is 14.7 Å². The molecule has 1 fully saturated rings. The third-order valence-electron chi connectivity index (χ3n) is 3.80. The summed E-state index contributed by atoms with van der Waals surface area (Å²) >= 11 is 0. The molecule has 2 unspecified atom stereocenters. The number of nitrogens with one attached hydrogen (secondary N) is 1. The summed E-state index contributed by atoms with van der Waals surface area (Å²) in [6, 6.07) is -0.405. The Kier molecular flexibility index (Phi) is 5.39. The predicted molar refractivity (Wildman–Crippen MR) is 77.6 cm³/mol. The second kappa shape index (κ2) is 6.43. The van der Waals surface area contributed by atoms with E-state index in [1.54, 1.807) is 11.8 Å². The van der Waals surface area contributed by atoms with Crippen LogP contribution in [0.2, 0.25) is 0 Å². The number of hydrogen-bond donors (Lipinski definition) is 2. The van der Waals surface area contributed by atoms with E-state index < -0.39 is 11.9 Å². The van der Waals surface area contributed by atoms with Gasteiger partial charge in [-0.2, -0.15) is 0 Å². The maximum Gasteiger partial charge on any atom is 0.317 e. The van der Waals surface area contributed by atoms with Gasteiger partial charge in [-0.1, -0.05) is 13.8 Å². The van der Waals surface area contributed by atoms with Crippen molar-refractivity contribution in [3.63, 3.8) is 0 Å². The highest BCUT2D eigenvalue weighted by Gasteiger charge is 2.38. The average molecular weight is 285 g/mol. The molecule has 2 amide bonds. The van der Waals surface area contributed by atoms with E-state index in [1.165, 1.54) is 0 Å². The maximum absolute atomic E-state index is 12.2. The summed E-state index contributed by atoms with van der Waals surface area (Å²) in [5, 5.41) is 12.0. The van der Waals surface area contributed by atoms with Crippen molar-refractivity contribution in [1.82, 2.24) is 15.1 Å². The Morgan fingerprint density at radius 3 is 2.45 bits per heavy atom. The molecular weight excluding hydrogens is 258 g/mol. The van der Waals surface area contributed by atoms with Crippen molar-refractivity contribution in [2.45, 2.75) is 33.2 Å². The second-order valence-electron chi connectivity index (χ2n) is 6.73. The third-order valence-corrected chi connectivity index (χ3v) is 3.80. The molecule has 0 aromatic rings. The zero-order valence-electron chi connectivity index (χ0n) is 13.1. The summed E-state index contributed by atoms with van der Waals surface area (Å²) in [6.07, 6.45) is 0.533. The monoisotopic (exact) mass is 285 g/mol. The van der Waals surface area contributed by atoms with E-state index in [9.17, 15) is 9.59 Å². The number of aliphatic carboxylic acids is 1. The summed E-state index contributed by atoms with van der Waals surface area (Å²) in [5.74, 6) is -1.27. The van der Waals surface area contributed by atoms with E-state index >= 15 is 0 Å². The van der Waals surface area contributed by atoms with Gasteiger partial charge in [-0.05, 0) is 32.9 Å². The first kappa shape index (κ1) is 16.8. The van der Waals surface area contributed by atoms with E-state index in [0.29, 0.717) is 19.5 Å². The lowest BCUT2D eigenvalue weighted by atomic mass is 9.93. The molecule has 6 heteroatoms. The molecule has 0 radical (unpaired) electrons. The standard InChI is InChI=1S/C14H27N3O3/c1-10-11(12(18)19)6-7-17(10)13(20)15-8-14(2,3)9-16(4)5/h10-11H,6-9H2,1-5H3,(H,15,20)(H,18,19). The fraction of sp³-hybridized carbons (Fsp3) is 0.857. The number of amides is 2. The predicted octanol–water partition coefficient (Wildman–Crippen LogP) is 1.08. The first-order valence-electron chi connectivity index (χ1n) is 7.06. The van der Waals surface area contributed by atoms with Gasteiger partial charge in [0.15, 0.2) is 0 Å². The lowest BCUT2D eigenvalue weighted by Crippen LogP contribution is -2.47. The van der Waals surface area contributed by atoms with Crippen molar-refractivity contribution >= 4 is 12.0 Å². The number of carboxylic acid groups (broad SMARTS) is 1. The Bertz CT molecular complexity index is 369. The number of urea groups is 1. The molecule has 0 aromatic carbocycles. The van der Waals surface area contributed by atoms with Crippen LogP contribution in [0.15, 0.2) is 0 Å². The fourth-order valence-electron chi connectivity index (χ4n) is 2.88. The van der Waals surface area contributed by atoms with Crippen molar-refractivity contribution in [1.29, 1.82) is 0 Å². The van der Waals surface area contributed by atoms with Gasteiger partial charge < -0.3 is 20.2 Å². The van der Waals surface area contributed by atoms with Gasteiger partial charge in [0.05, 0.1) is 5.92 Å². The Morgan fingerprint density at radius 1 is 1.40 bits per heavy atom. The van der Waals surface area contributed by atoms with Gasteiger partial charge in [0.2, 0.25) is 0 Å². The van der Waals surface area contributed by atoms with Gasteiger partial charge in [-0.15, -0.1) is 0 Å². The summed E-state index contributed by atoms with van der Waals surface area (Å²) in [4.78, 5) is 26.9. The van der Waals surface area contributed by atoms with E-state index in [-0.39, 0.29) is 17.5 Å². The lowest BCUT2D eigenvalue weighted by Gasteiger charge is -2.30. The highest BCUT2D eigenvalue weighted by Crippen LogP contribution is 2.24. The van der Waals surface area contributed by atoms with Gasteiger partial charge in [0.1, 0.15) is 0 Å². The van der Waals surface area contributed by atoms with Crippen molar-refractivity contribution in [2.24, 2.45) is 11.3 Å². The van der Waals surface area contributed by atoms with Crippen LogP contribution < -0.4 is 5.32 Å². The average Bonchev–Trinajstić information content (AvgIpc) is 2.66. The molecule has 20 heavy (non-hydrogen) atoms. The minimum absolute atomic E-state index is 0.0195. The van der Waals surface area contributed by atoms with E-state index in [4.69, 9.17) is 5.11 Å². The SMILES string of the molecule is CC1C(C(=O)O)CCN1C(=O)NCC(C)(C)CN(C)C. The number of hydrogen-bond acceptors (Lipinski definition) is 3. The van der Waals surface area contributed by atoms with Crippen LogP contribution in [0.1, 0.15) is 27.2 Å². The summed E-state index contributed by atoms with van der Waals surface area (Å²) in [7, 11) is 4.01. The van der Waals surface area contributed by atoms with Crippen LogP contribution in [0, 0.1) is 11.3 Å². The Hall–Kier alpha value is -1.30. The molecule has 0 aliphatic carbocycles. The molecule has 2 N–H and O–H groups in total. The van der Waals surface area contributed by atoms with Crippen LogP contribution >= 0.6 is 0 Å². The van der Waals surface area contributed by atoms with E-state index in [1.807, 2.05) is 14.1 Å². The molecule has 6 nitrogen and oxygen atoms in total. The molecule has 116 valence electrons. The van der Waals surface area contributed by atoms with Gasteiger partial charge in [0.25, 0.3) is 0 Å². The molecule has 0 saturated carbocycles. The van der Waals surface area contributed by atoms with Crippen LogP contribution in [0.25, 0.3) is 0 Å². The first-order valence-corrected chi connectivity index (χ1v) is 7.06. The van der Waals surface area contributed by atoms with Crippen molar-refractivity contribution in [3.05, 3.63) is 0 Å². The number of carbonyl (C=O) groups excluding carboxylic acids is 1. The molecular formula is C14H27N3O3. The molecule has 1 aliphatic heterocycles. The lowest BCUT2D eigenvalue weighted by molar-refractivity contribution is -0.142. The first-order chi connectivity index (χ1) is 9.14. The summed E-state index contributed by atoms with van der Waals surface area (Å²) in [5.41, 5.74) is -0.0195. The van der Waals surface area contributed by atoms with Gasteiger partial charge in [-0.25, -0.2) is 4.79 Å². The molecule has 0 aromatic heterocycles. The molecule has 1 heterocycles. The van der Waals surface area contributed by atoms with Crippen molar-refractivity contribution in [2.75, 3.05) is 33.7 Å². The van der Waals surface area contributed by atoms with Crippen LogP contribution in [0.3, 0.4) is 0 Å². The maximum atomic E-state index is 12.2. The highest BCUT2D eigenvalue weighted by molar-refractivity contribution is 5.78. The Balaban J connectivity index is 2.50. The van der Waals surface area contributed by atoms with Crippen LogP contribution in [-0.2, 0) is 4.79 Å². The number of nitrogens with zero attached hydrogens (tertiary/aromatic N) is 2. The van der Waals surface area contributed by atoms with Gasteiger partial charge in [-0.3, -0.25) is 4.79 Å². The zero-order chi connectivity index (χ0) is 15.5. The van der Waals surface area contributed by atoms with Crippen LogP contribution in [0.4, 0.5) is 4.79 Å². The normalized spacial score (nSPS) is 23.2. The molecule has 0 bridgehead atoms. The molecule has 0 spiro atoms.